The smallest absolute Gasteiger partial charge is 0.417 e. The van der Waals surface area contributed by atoms with E-state index >= 15 is 0 Å². The van der Waals surface area contributed by atoms with Crippen molar-refractivity contribution in [2.75, 3.05) is 31.6 Å². The highest BCUT2D eigenvalue weighted by Crippen LogP contribution is 2.67. The lowest BCUT2D eigenvalue weighted by molar-refractivity contribution is -0.136. The van der Waals surface area contributed by atoms with Crippen LogP contribution in [-0.2, 0) is 27.7 Å². The van der Waals surface area contributed by atoms with Gasteiger partial charge in [-0.05, 0) is 67.7 Å². The number of fused-ring (bicyclic) bond motifs is 7. The first-order valence-corrected chi connectivity index (χ1v) is 17.8. The minimum Gasteiger partial charge on any atom is -0.504 e. The SMILES string of the molecule is Cc1ncnc(C(=O)N2CCC3(CC2)c2c(n(CC(=O)Nc4ccc(C(F)(F)F)c5sccc45)c4nc(C5=CCOCC5)nn4c2=O)[C@H]2C[C@H]23)c1O. The molecular weight excluding hydrogens is 701 g/mol. The van der Waals surface area contributed by atoms with E-state index in [-0.39, 0.29) is 56.9 Å². The van der Waals surface area contributed by atoms with Gasteiger partial charge >= 0.3 is 6.18 Å². The van der Waals surface area contributed by atoms with Gasteiger partial charge in [0.15, 0.2) is 17.3 Å². The zero-order chi connectivity index (χ0) is 36.1. The number of halogens is 3. The van der Waals surface area contributed by atoms with E-state index in [1.165, 1.54) is 16.9 Å². The Morgan fingerprint density at radius 1 is 1.17 bits per heavy atom. The standard InChI is InChI=1S/C35H31F3N8O5S/c1-17-28(48)26(40-16-39-17)32(50)44-9-7-34(8-10-44)22-14-20(22)27-25(34)31(49)46-33(42-30(43-46)18-4-11-51-12-5-18)45(27)15-24(47)41-23-3-2-21(35(36,37)38)29-19(23)6-13-52-29/h2-4,6,13,16,20,22,48H,5,7-12,14-15H2,1H3,(H,41,47)/t20-,22+/m0/s1. The third-order valence-electron chi connectivity index (χ3n) is 11.0. The normalized spacial score (nSPS) is 20.6. The molecule has 6 heterocycles. The van der Waals surface area contributed by atoms with E-state index in [2.05, 4.69) is 20.4 Å². The maximum absolute atomic E-state index is 14.5. The molecule has 5 aromatic rings. The predicted molar refractivity (Wildman–Crippen MR) is 182 cm³/mol. The van der Waals surface area contributed by atoms with Gasteiger partial charge in [-0.2, -0.15) is 22.7 Å². The third-order valence-corrected chi connectivity index (χ3v) is 12.0. The maximum Gasteiger partial charge on any atom is 0.417 e. The number of alkyl halides is 3. The predicted octanol–water partition coefficient (Wildman–Crippen LogP) is 4.66. The highest BCUT2D eigenvalue weighted by Gasteiger charge is 2.64. The molecule has 1 saturated carbocycles. The molecule has 4 aromatic heterocycles. The Labute approximate surface area is 296 Å². The van der Waals surface area contributed by atoms with Crippen LogP contribution < -0.4 is 10.9 Å². The molecule has 2 aliphatic carbocycles. The Morgan fingerprint density at radius 2 is 1.98 bits per heavy atom. The number of ether oxygens (including phenoxy) is 1. The van der Waals surface area contributed by atoms with E-state index in [0.29, 0.717) is 62.6 Å². The van der Waals surface area contributed by atoms with Gasteiger partial charge in [0.05, 0.1) is 24.5 Å². The van der Waals surface area contributed by atoms with E-state index in [1.807, 2.05) is 6.08 Å². The summed E-state index contributed by atoms with van der Waals surface area (Å²) >= 11 is 0.952. The van der Waals surface area contributed by atoms with Gasteiger partial charge in [-0.25, -0.2) is 9.97 Å². The topological polar surface area (TPSA) is 157 Å². The number of thiophene rings is 1. The molecule has 2 atom stereocenters. The molecule has 1 saturated heterocycles. The molecule has 2 aliphatic heterocycles. The number of nitrogens with one attached hydrogen (secondary N) is 1. The molecule has 0 radical (unpaired) electrons. The van der Waals surface area contributed by atoms with Crippen molar-refractivity contribution < 1.29 is 32.6 Å². The summed E-state index contributed by atoms with van der Waals surface area (Å²) in [6.07, 6.45) is 0.871. The number of carbonyl (C=O) groups excluding carboxylic acids is 2. The number of hydrogen-bond donors (Lipinski definition) is 2. The van der Waals surface area contributed by atoms with Crippen LogP contribution in [0.15, 0.2) is 40.8 Å². The Balaban J connectivity index is 1.10. The van der Waals surface area contributed by atoms with Crippen LogP contribution in [0.5, 0.6) is 5.75 Å². The van der Waals surface area contributed by atoms with Crippen molar-refractivity contribution in [2.24, 2.45) is 5.92 Å². The second-order valence-electron chi connectivity index (χ2n) is 13.8. The van der Waals surface area contributed by atoms with Gasteiger partial charge in [0.25, 0.3) is 11.5 Å². The number of benzene rings is 1. The van der Waals surface area contributed by atoms with Crippen LogP contribution in [-0.4, -0.2) is 77.3 Å². The highest BCUT2D eigenvalue weighted by atomic mass is 32.1. The number of nitrogens with zero attached hydrogens (tertiary/aromatic N) is 7. The average molecular weight is 733 g/mol. The number of likely N-dealkylation sites (tertiary alicyclic amines) is 1. The highest BCUT2D eigenvalue weighted by molar-refractivity contribution is 7.17. The fourth-order valence-electron chi connectivity index (χ4n) is 8.47. The van der Waals surface area contributed by atoms with E-state index in [0.717, 1.165) is 35.1 Å². The number of amides is 2. The molecule has 13 nitrogen and oxygen atoms in total. The van der Waals surface area contributed by atoms with Crippen LogP contribution >= 0.6 is 11.3 Å². The molecule has 1 aromatic carbocycles. The fraction of sp³-hybridized carbons (Fsp3) is 0.400. The van der Waals surface area contributed by atoms with Crippen LogP contribution in [0, 0.1) is 12.8 Å². The Hall–Kier alpha value is -5.16. The summed E-state index contributed by atoms with van der Waals surface area (Å²) in [6, 6.07) is 3.78. The monoisotopic (exact) mass is 732 g/mol. The molecule has 2 amide bonds. The quantitative estimate of drug-likeness (QED) is 0.262. The number of hydrogen-bond acceptors (Lipinski definition) is 10. The molecule has 268 valence electrons. The largest absolute Gasteiger partial charge is 0.504 e. The second-order valence-corrected chi connectivity index (χ2v) is 14.7. The summed E-state index contributed by atoms with van der Waals surface area (Å²) in [7, 11) is 0. The molecular formula is C35H31F3N8O5S. The molecule has 2 N–H and O–H groups in total. The summed E-state index contributed by atoms with van der Waals surface area (Å²) in [5.74, 6) is -0.505. The van der Waals surface area contributed by atoms with Crippen molar-refractivity contribution in [1.29, 1.82) is 0 Å². The van der Waals surface area contributed by atoms with Crippen LogP contribution in [0.2, 0.25) is 0 Å². The van der Waals surface area contributed by atoms with E-state index in [1.54, 1.807) is 27.8 Å². The number of aryl methyl sites for hydroxylation is 1. The maximum atomic E-state index is 14.5. The number of piperidine rings is 1. The summed E-state index contributed by atoms with van der Waals surface area (Å²) < 4.78 is 49.6. The van der Waals surface area contributed by atoms with Gasteiger partial charge in [0.1, 0.15) is 12.9 Å². The lowest BCUT2D eigenvalue weighted by atomic mass is 9.71. The molecule has 0 unspecified atom stereocenters. The number of aromatic hydroxyl groups is 1. The first kappa shape index (κ1) is 32.7. The Kier molecular flexibility index (Phi) is 7.35. The number of aromatic nitrogens is 6. The van der Waals surface area contributed by atoms with Crippen molar-refractivity contribution in [3.05, 3.63) is 80.4 Å². The average Bonchev–Trinajstić information content (AvgIpc) is 3.43. The lowest BCUT2D eigenvalue weighted by Gasteiger charge is -2.41. The van der Waals surface area contributed by atoms with Crippen molar-refractivity contribution in [3.63, 3.8) is 0 Å². The fourth-order valence-corrected chi connectivity index (χ4v) is 9.43. The van der Waals surface area contributed by atoms with Crippen molar-refractivity contribution in [1.82, 2.24) is 34.0 Å². The molecule has 9 rings (SSSR count). The molecule has 17 heteroatoms. The zero-order valence-corrected chi connectivity index (χ0v) is 28.6. The van der Waals surface area contributed by atoms with Gasteiger partial charge in [-0.1, -0.05) is 6.08 Å². The van der Waals surface area contributed by atoms with Gasteiger partial charge < -0.3 is 24.6 Å². The number of anilines is 1. The minimum atomic E-state index is -4.55. The van der Waals surface area contributed by atoms with Gasteiger partial charge in [0.2, 0.25) is 11.7 Å². The molecule has 0 bridgehead atoms. The lowest BCUT2D eigenvalue weighted by Crippen LogP contribution is -2.48. The first-order valence-electron chi connectivity index (χ1n) is 16.9. The number of carbonyl (C=O) groups is 2. The minimum absolute atomic E-state index is 0.0200. The second kappa shape index (κ2) is 11.7. The molecule has 1 spiro atoms. The first-order chi connectivity index (χ1) is 25.0. The molecule has 2 fully saturated rings. The third kappa shape index (κ3) is 4.96. The van der Waals surface area contributed by atoms with Crippen molar-refractivity contribution in [3.8, 4) is 5.75 Å². The van der Waals surface area contributed by atoms with E-state index in [4.69, 9.17) is 9.72 Å². The Morgan fingerprint density at radius 3 is 2.73 bits per heavy atom. The van der Waals surface area contributed by atoms with Crippen LogP contribution in [0.3, 0.4) is 0 Å². The van der Waals surface area contributed by atoms with Crippen LogP contribution in [0.25, 0.3) is 21.4 Å². The molecule has 4 aliphatic rings. The van der Waals surface area contributed by atoms with Gasteiger partial charge in [0, 0.05) is 51.5 Å². The molecule has 52 heavy (non-hydrogen) atoms. The van der Waals surface area contributed by atoms with Gasteiger partial charge in [-0.15, -0.1) is 16.4 Å². The summed E-state index contributed by atoms with van der Waals surface area (Å²) in [6.45, 7) is 2.84. The zero-order valence-electron chi connectivity index (χ0n) is 27.7. The van der Waals surface area contributed by atoms with E-state index in [9.17, 15) is 32.7 Å². The van der Waals surface area contributed by atoms with Crippen molar-refractivity contribution in [2.45, 2.75) is 56.7 Å². The van der Waals surface area contributed by atoms with Crippen LogP contribution in [0.4, 0.5) is 18.9 Å². The van der Waals surface area contributed by atoms with Gasteiger partial charge in [-0.3, -0.25) is 14.4 Å². The Bertz CT molecular complexity index is 2430. The number of rotatable bonds is 5. The summed E-state index contributed by atoms with van der Waals surface area (Å²) in [5.41, 5.74) is 0.924. The summed E-state index contributed by atoms with van der Waals surface area (Å²) in [5, 5.41) is 19.8. The van der Waals surface area contributed by atoms with Crippen LogP contribution in [0.1, 0.15) is 70.4 Å². The van der Waals surface area contributed by atoms with Crippen molar-refractivity contribution >= 4 is 50.3 Å². The van der Waals surface area contributed by atoms with E-state index < -0.39 is 29.0 Å². The summed E-state index contributed by atoms with van der Waals surface area (Å²) in [4.78, 5) is 56.2.